The molecular weight excluding hydrogens is 227 g/mol. The summed E-state index contributed by atoms with van der Waals surface area (Å²) in [6, 6.07) is 5.82. The van der Waals surface area contributed by atoms with Gasteiger partial charge in [-0.1, -0.05) is 21.9 Å². The van der Waals surface area contributed by atoms with E-state index >= 15 is 0 Å². The zero-order valence-electron chi connectivity index (χ0n) is 6.78. The molecule has 0 atom stereocenters. The average molecular weight is 231 g/mol. The van der Waals surface area contributed by atoms with Gasteiger partial charge in [-0.25, -0.2) is 0 Å². The lowest BCUT2D eigenvalue weighted by atomic mass is 10.1. The number of nitrogens with zero attached hydrogens (tertiary/aromatic N) is 2. The summed E-state index contributed by atoms with van der Waals surface area (Å²) >= 11 is 10.1. The van der Waals surface area contributed by atoms with E-state index in [1.165, 1.54) is 24.3 Å². The first kappa shape index (κ1) is 10.8. The first-order valence-electron chi connectivity index (χ1n) is 3.51. The molecule has 0 aliphatic carbocycles. The van der Waals surface area contributed by atoms with Gasteiger partial charge >= 0.3 is 0 Å². The van der Waals surface area contributed by atoms with E-state index in [1.54, 1.807) is 0 Å². The molecule has 0 aromatic heterocycles. The minimum atomic E-state index is -0.637. The van der Waals surface area contributed by atoms with Gasteiger partial charge in [0.25, 0.3) is 11.1 Å². The third kappa shape index (κ3) is 2.61. The molecule has 1 aromatic carbocycles. The number of hydrogen-bond acceptors (Lipinski definition) is 3. The van der Waals surface area contributed by atoms with Crippen LogP contribution in [0.15, 0.2) is 34.0 Å². The molecule has 0 aliphatic heterocycles. The van der Waals surface area contributed by atoms with E-state index in [9.17, 15) is 9.59 Å². The third-order valence-electron chi connectivity index (χ3n) is 1.47. The Labute approximate surface area is 89.6 Å². The number of carbonyl (C=O) groups is 2. The maximum absolute atomic E-state index is 11.1. The fourth-order valence-corrected chi connectivity index (χ4v) is 1.05. The van der Waals surface area contributed by atoms with Crippen molar-refractivity contribution < 1.29 is 9.59 Å². The van der Waals surface area contributed by atoms with E-state index in [2.05, 4.69) is 9.75 Å². The Hall–Kier alpha value is -1.26. The lowest BCUT2D eigenvalue weighted by Gasteiger charge is -1.96. The summed E-state index contributed by atoms with van der Waals surface area (Å²) in [7, 11) is 0. The van der Waals surface area contributed by atoms with Gasteiger partial charge in [0, 0.05) is 11.1 Å². The molecule has 4 nitrogen and oxygen atoms in total. The Kier molecular flexibility index (Phi) is 3.73. The minimum Gasteiger partial charge on any atom is -0.276 e. The monoisotopic (exact) mass is 230 g/mol. The predicted octanol–water partition coefficient (Wildman–Crippen LogP) is 2.81. The lowest BCUT2D eigenvalue weighted by molar-refractivity contribution is 0.0996. The van der Waals surface area contributed by atoms with E-state index in [4.69, 9.17) is 23.4 Å². The molecule has 1 rings (SSSR count). The van der Waals surface area contributed by atoms with Gasteiger partial charge in [0.2, 0.25) is 0 Å². The summed E-state index contributed by atoms with van der Waals surface area (Å²) in [5.74, 6) is -0.625. The molecule has 1 amide bonds. The molecule has 0 fully saturated rings. The van der Waals surface area contributed by atoms with Crippen LogP contribution in [0.2, 0.25) is 0 Å². The first-order chi connectivity index (χ1) is 6.65. The highest BCUT2D eigenvalue weighted by molar-refractivity contribution is 6.67. The maximum atomic E-state index is 11.1. The third-order valence-corrected chi connectivity index (χ3v) is 1.76. The molecule has 0 radical (unpaired) electrons. The molecule has 6 heteroatoms. The second-order valence-electron chi connectivity index (χ2n) is 2.34. The van der Waals surface area contributed by atoms with E-state index in [1.807, 2.05) is 0 Å². The number of carbonyl (C=O) groups excluding carboxylic acids is 2. The number of amides is 1. The standard InChI is InChI=1S/C8H4Cl2N2O2/c9-7(13)5-2-1-3-6(4-5)8(14)11-12-10/h1-4H. The van der Waals surface area contributed by atoms with Gasteiger partial charge in [0.1, 0.15) is 0 Å². The van der Waals surface area contributed by atoms with Crippen LogP contribution in [0.25, 0.3) is 0 Å². The summed E-state index contributed by atoms with van der Waals surface area (Å²) in [4.78, 5) is 21.9. The summed E-state index contributed by atoms with van der Waals surface area (Å²) in [6.45, 7) is 0. The van der Waals surface area contributed by atoms with Crippen LogP contribution in [0.3, 0.4) is 0 Å². The van der Waals surface area contributed by atoms with Crippen LogP contribution in [-0.2, 0) is 0 Å². The van der Waals surface area contributed by atoms with Crippen LogP contribution in [0.1, 0.15) is 20.7 Å². The fourth-order valence-electron chi connectivity index (χ4n) is 0.867. The largest absolute Gasteiger partial charge is 0.296 e. The highest BCUT2D eigenvalue weighted by atomic mass is 35.5. The Balaban J connectivity index is 3.05. The van der Waals surface area contributed by atoms with Crippen LogP contribution in [0.5, 0.6) is 0 Å². The molecule has 72 valence electrons. The van der Waals surface area contributed by atoms with Crippen molar-refractivity contribution in [1.29, 1.82) is 0 Å². The van der Waals surface area contributed by atoms with Crippen molar-refractivity contribution >= 4 is 34.5 Å². The van der Waals surface area contributed by atoms with Gasteiger partial charge in [-0.05, 0) is 23.7 Å². The SMILES string of the molecule is O=C(Cl)c1cccc(C(=O)N=NCl)c1. The van der Waals surface area contributed by atoms with Crippen molar-refractivity contribution in [2.45, 2.75) is 0 Å². The number of rotatable bonds is 2. The molecule has 0 spiro atoms. The summed E-state index contributed by atoms with van der Waals surface area (Å²) < 4.78 is 2.82. The molecule has 0 saturated heterocycles. The molecule has 14 heavy (non-hydrogen) atoms. The van der Waals surface area contributed by atoms with Crippen molar-refractivity contribution in [3.63, 3.8) is 0 Å². The smallest absolute Gasteiger partial charge is 0.276 e. The van der Waals surface area contributed by atoms with Crippen molar-refractivity contribution in [3.8, 4) is 0 Å². The fraction of sp³-hybridized carbons (Fsp3) is 0. The Bertz CT molecular complexity index is 404. The Morgan fingerprint density at radius 3 is 2.43 bits per heavy atom. The second-order valence-corrected chi connectivity index (χ2v) is 2.83. The molecule has 0 N–H and O–H groups in total. The molecule has 1 aromatic rings. The van der Waals surface area contributed by atoms with Gasteiger partial charge in [-0.15, -0.1) is 0 Å². The van der Waals surface area contributed by atoms with Gasteiger partial charge in [-0.2, -0.15) is 0 Å². The highest BCUT2D eigenvalue weighted by Gasteiger charge is 2.07. The van der Waals surface area contributed by atoms with Crippen LogP contribution in [0, 0.1) is 0 Å². The van der Waals surface area contributed by atoms with E-state index in [0.29, 0.717) is 0 Å². The van der Waals surface area contributed by atoms with Crippen LogP contribution < -0.4 is 0 Å². The average Bonchev–Trinajstić information content (AvgIpc) is 2.18. The Morgan fingerprint density at radius 2 is 1.86 bits per heavy atom. The first-order valence-corrected chi connectivity index (χ1v) is 4.23. The number of hydrogen-bond donors (Lipinski definition) is 0. The lowest BCUT2D eigenvalue weighted by Crippen LogP contribution is -1.96. The molecule has 0 aliphatic rings. The molecular formula is C8H4Cl2N2O2. The number of benzene rings is 1. The van der Waals surface area contributed by atoms with Crippen LogP contribution in [0.4, 0.5) is 0 Å². The van der Waals surface area contributed by atoms with Crippen molar-refractivity contribution in [2.75, 3.05) is 0 Å². The zero-order chi connectivity index (χ0) is 10.6. The summed E-state index contributed by atoms with van der Waals surface area (Å²) in [6.07, 6.45) is 0. The summed E-state index contributed by atoms with van der Waals surface area (Å²) in [5, 5.41) is 2.46. The van der Waals surface area contributed by atoms with Crippen molar-refractivity contribution in [1.82, 2.24) is 0 Å². The summed E-state index contributed by atoms with van der Waals surface area (Å²) in [5.41, 5.74) is 0.434. The van der Waals surface area contributed by atoms with Crippen LogP contribution in [-0.4, -0.2) is 11.1 Å². The van der Waals surface area contributed by atoms with Gasteiger partial charge in [-0.3, -0.25) is 9.59 Å². The predicted molar refractivity (Wildman–Crippen MR) is 51.7 cm³/mol. The topological polar surface area (TPSA) is 58.9 Å². The van der Waals surface area contributed by atoms with E-state index in [0.717, 1.165) is 0 Å². The maximum Gasteiger partial charge on any atom is 0.296 e. The Morgan fingerprint density at radius 1 is 1.21 bits per heavy atom. The molecule has 0 saturated carbocycles. The van der Waals surface area contributed by atoms with Gasteiger partial charge in [0.05, 0.1) is 11.8 Å². The normalized spacial score (nSPS) is 10.4. The number of halogens is 2. The highest BCUT2D eigenvalue weighted by Crippen LogP contribution is 2.09. The molecule has 0 heterocycles. The van der Waals surface area contributed by atoms with Crippen molar-refractivity contribution in [2.24, 2.45) is 9.75 Å². The molecule has 0 bridgehead atoms. The second kappa shape index (κ2) is 4.83. The quantitative estimate of drug-likeness (QED) is 0.580. The van der Waals surface area contributed by atoms with Crippen molar-refractivity contribution in [3.05, 3.63) is 35.4 Å². The van der Waals surface area contributed by atoms with E-state index in [-0.39, 0.29) is 11.1 Å². The van der Waals surface area contributed by atoms with Gasteiger partial charge in [0.15, 0.2) is 0 Å². The minimum absolute atomic E-state index is 0.209. The van der Waals surface area contributed by atoms with Gasteiger partial charge < -0.3 is 0 Å². The zero-order valence-corrected chi connectivity index (χ0v) is 8.29. The van der Waals surface area contributed by atoms with Crippen LogP contribution >= 0.6 is 23.4 Å². The molecule has 0 unspecified atom stereocenters. The van der Waals surface area contributed by atoms with E-state index < -0.39 is 11.1 Å².